The molecule has 0 aliphatic carbocycles. The first-order valence-electron chi connectivity index (χ1n) is 8.93. The number of hydrogen-bond donors (Lipinski definition) is 1. The van der Waals surface area contributed by atoms with Crippen LogP contribution in [0.5, 0.6) is 5.75 Å². The lowest BCUT2D eigenvalue weighted by Gasteiger charge is -2.32. The Balaban J connectivity index is 2.12. The highest BCUT2D eigenvalue weighted by atomic mass is 35.5. The van der Waals surface area contributed by atoms with Gasteiger partial charge in [0.2, 0.25) is 15.9 Å². The molecular weight excluding hydrogens is 376 g/mol. The van der Waals surface area contributed by atoms with Crippen LogP contribution < -0.4 is 10.1 Å². The lowest BCUT2D eigenvalue weighted by Crippen LogP contribution is -2.47. The lowest BCUT2D eigenvalue weighted by atomic mass is 9.98. The highest BCUT2D eigenvalue weighted by Crippen LogP contribution is 2.30. The molecule has 1 saturated heterocycles. The van der Waals surface area contributed by atoms with Crippen LogP contribution in [0.2, 0.25) is 5.02 Å². The van der Waals surface area contributed by atoms with Gasteiger partial charge in [-0.15, -0.1) is 0 Å². The van der Waals surface area contributed by atoms with Crippen LogP contribution in [0.25, 0.3) is 0 Å². The van der Waals surface area contributed by atoms with E-state index in [1.807, 2.05) is 6.92 Å². The van der Waals surface area contributed by atoms with Gasteiger partial charge < -0.3 is 10.1 Å². The smallest absolute Gasteiger partial charge is 0.243 e. The minimum absolute atomic E-state index is 0.0707. The van der Waals surface area contributed by atoms with Gasteiger partial charge in [0, 0.05) is 19.1 Å². The summed E-state index contributed by atoms with van der Waals surface area (Å²) in [5, 5.41) is 3.23. The number of hydrogen-bond acceptors (Lipinski definition) is 4. The summed E-state index contributed by atoms with van der Waals surface area (Å²) >= 11 is 6.07. The Labute approximate surface area is 160 Å². The van der Waals surface area contributed by atoms with Gasteiger partial charge in [0.25, 0.3) is 0 Å². The molecule has 0 spiro atoms. The average Bonchev–Trinajstić information content (AvgIpc) is 2.61. The zero-order chi connectivity index (χ0) is 19.3. The molecule has 0 bridgehead atoms. The molecule has 8 heteroatoms. The van der Waals surface area contributed by atoms with Crippen LogP contribution >= 0.6 is 11.6 Å². The predicted molar refractivity (Wildman–Crippen MR) is 102 cm³/mol. The van der Waals surface area contributed by atoms with Crippen LogP contribution in [0.3, 0.4) is 0 Å². The van der Waals surface area contributed by atoms with Crippen LogP contribution in [0.1, 0.15) is 39.5 Å². The summed E-state index contributed by atoms with van der Waals surface area (Å²) in [7, 11) is -2.23. The fourth-order valence-electron chi connectivity index (χ4n) is 3.20. The third-order valence-electron chi connectivity index (χ3n) is 4.63. The number of nitrogens with one attached hydrogen (secondary N) is 1. The first-order valence-corrected chi connectivity index (χ1v) is 10.8. The molecule has 1 N–H and O–H groups in total. The number of halogens is 1. The zero-order valence-corrected chi connectivity index (χ0v) is 17.1. The van der Waals surface area contributed by atoms with Crippen LogP contribution in [0.4, 0.5) is 0 Å². The number of rotatable bonds is 7. The third-order valence-corrected chi connectivity index (χ3v) is 6.78. The molecule has 1 aliphatic rings. The van der Waals surface area contributed by atoms with Crippen molar-refractivity contribution < 1.29 is 17.9 Å². The van der Waals surface area contributed by atoms with Crippen molar-refractivity contribution in [3.63, 3.8) is 0 Å². The highest BCUT2D eigenvalue weighted by Gasteiger charge is 2.33. The van der Waals surface area contributed by atoms with Crippen molar-refractivity contribution in [3.8, 4) is 5.75 Å². The standard InChI is InChI=1S/C18H27ClN2O4S/c1-4-6-13(2)20-18(22)14-7-5-10-21(12-14)26(23,24)15-8-9-17(25-3)16(19)11-15/h8-9,11,13-14H,4-7,10,12H2,1-3H3,(H,20,22). The van der Waals surface area contributed by atoms with Crippen LogP contribution in [-0.2, 0) is 14.8 Å². The summed E-state index contributed by atoms with van der Waals surface area (Å²) < 4.78 is 32.3. The summed E-state index contributed by atoms with van der Waals surface area (Å²) in [4.78, 5) is 12.6. The summed E-state index contributed by atoms with van der Waals surface area (Å²) in [5.74, 6) is 0.0246. The Bertz CT molecular complexity index is 739. The van der Waals surface area contributed by atoms with Crippen molar-refractivity contribution >= 4 is 27.5 Å². The SMILES string of the molecule is CCCC(C)NC(=O)C1CCCN(S(=O)(=O)c2ccc(OC)c(Cl)c2)C1. The quantitative estimate of drug-likeness (QED) is 0.760. The molecule has 1 fully saturated rings. The first-order chi connectivity index (χ1) is 12.3. The van der Waals surface area contributed by atoms with E-state index in [0.29, 0.717) is 25.1 Å². The maximum absolute atomic E-state index is 12.9. The van der Waals surface area contributed by atoms with Crippen LogP contribution in [-0.4, -0.2) is 44.9 Å². The zero-order valence-electron chi connectivity index (χ0n) is 15.5. The molecule has 6 nitrogen and oxygen atoms in total. The molecule has 2 rings (SSSR count). The van der Waals surface area contributed by atoms with Gasteiger partial charge in [-0.3, -0.25) is 4.79 Å². The van der Waals surface area contributed by atoms with Crippen molar-refractivity contribution in [2.24, 2.45) is 5.92 Å². The molecular formula is C18H27ClN2O4S. The average molecular weight is 403 g/mol. The number of methoxy groups -OCH3 is 1. The maximum Gasteiger partial charge on any atom is 0.243 e. The molecule has 0 radical (unpaired) electrons. The second-order valence-electron chi connectivity index (χ2n) is 6.70. The predicted octanol–water partition coefficient (Wildman–Crippen LogP) is 3.05. The Morgan fingerprint density at radius 3 is 2.81 bits per heavy atom. The highest BCUT2D eigenvalue weighted by molar-refractivity contribution is 7.89. The molecule has 2 unspecified atom stereocenters. The van der Waals surface area contributed by atoms with Gasteiger partial charge in [0.05, 0.1) is 22.9 Å². The minimum Gasteiger partial charge on any atom is -0.495 e. The second-order valence-corrected chi connectivity index (χ2v) is 9.04. The topological polar surface area (TPSA) is 75.7 Å². The van der Waals surface area contributed by atoms with Crippen molar-refractivity contribution in [2.75, 3.05) is 20.2 Å². The van der Waals surface area contributed by atoms with Crippen LogP contribution in [0.15, 0.2) is 23.1 Å². The molecule has 146 valence electrons. The first kappa shape index (κ1) is 21.0. The number of ether oxygens (including phenoxy) is 1. The number of piperidine rings is 1. The van der Waals surface area contributed by atoms with Crippen molar-refractivity contribution in [3.05, 3.63) is 23.2 Å². The van der Waals surface area contributed by atoms with E-state index < -0.39 is 10.0 Å². The normalized spacial score (nSPS) is 19.8. The van der Waals surface area contributed by atoms with E-state index in [2.05, 4.69) is 12.2 Å². The number of nitrogens with zero attached hydrogens (tertiary/aromatic N) is 1. The van der Waals surface area contributed by atoms with Crippen molar-refractivity contribution in [2.45, 2.75) is 50.5 Å². The van der Waals surface area contributed by atoms with Crippen molar-refractivity contribution in [1.29, 1.82) is 0 Å². The van der Waals surface area contributed by atoms with E-state index in [0.717, 1.165) is 12.8 Å². The van der Waals surface area contributed by atoms with E-state index in [4.69, 9.17) is 16.3 Å². The van der Waals surface area contributed by atoms with Gasteiger partial charge >= 0.3 is 0 Å². The fraction of sp³-hybridized carbons (Fsp3) is 0.611. The van der Waals surface area contributed by atoms with E-state index in [1.54, 1.807) is 0 Å². The molecule has 1 aromatic carbocycles. The van der Waals surface area contributed by atoms with Crippen LogP contribution in [0, 0.1) is 5.92 Å². The number of amides is 1. The Kier molecular flexibility index (Phi) is 7.32. The van der Waals surface area contributed by atoms with Gasteiger partial charge in [0.1, 0.15) is 5.75 Å². The van der Waals surface area contributed by atoms with Gasteiger partial charge in [0.15, 0.2) is 0 Å². The summed E-state index contributed by atoms with van der Waals surface area (Å²) in [6, 6.07) is 4.51. The van der Waals surface area contributed by atoms with Crippen molar-refractivity contribution in [1.82, 2.24) is 9.62 Å². The molecule has 1 aromatic rings. The molecule has 26 heavy (non-hydrogen) atoms. The number of benzene rings is 1. The second kappa shape index (κ2) is 9.06. The molecule has 2 atom stereocenters. The Morgan fingerprint density at radius 2 is 2.19 bits per heavy atom. The van der Waals surface area contributed by atoms with Gasteiger partial charge in [-0.2, -0.15) is 4.31 Å². The monoisotopic (exact) mass is 402 g/mol. The fourth-order valence-corrected chi connectivity index (χ4v) is 5.07. The molecule has 1 amide bonds. The minimum atomic E-state index is -3.70. The number of carbonyl (C=O) groups is 1. The largest absolute Gasteiger partial charge is 0.495 e. The lowest BCUT2D eigenvalue weighted by molar-refractivity contribution is -0.126. The maximum atomic E-state index is 12.9. The van der Waals surface area contributed by atoms with E-state index in [-0.39, 0.29) is 34.3 Å². The summed E-state index contributed by atoms with van der Waals surface area (Å²) in [6.45, 7) is 4.63. The summed E-state index contributed by atoms with van der Waals surface area (Å²) in [5.41, 5.74) is 0. The van der Waals surface area contributed by atoms with E-state index in [9.17, 15) is 13.2 Å². The van der Waals surface area contributed by atoms with Gasteiger partial charge in [-0.25, -0.2) is 8.42 Å². The Hall–Kier alpha value is -1.31. The Morgan fingerprint density at radius 1 is 1.46 bits per heavy atom. The molecule has 1 aliphatic heterocycles. The molecule has 0 aromatic heterocycles. The number of carbonyl (C=O) groups excluding carboxylic acids is 1. The number of sulfonamides is 1. The van der Waals surface area contributed by atoms with Gasteiger partial charge in [-0.1, -0.05) is 24.9 Å². The summed E-state index contributed by atoms with van der Waals surface area (Å²) in [6.07, 6.45) is 3.25. The third kappa shape index (κ3) is 4.90. The van der Waals surface area contributed by atoms with Gasteiger partial charge in [-0.05, 0) is 44.4 Å². The molecule has 0 saturated carbocycles. The van der Waals surface area contributed by atoms with E-state index in [1.165, 1.54) is 29.6 Å². The molecule has 1 heterocycles. The van der Waals surface area contributed by atoms with E-state index >= 15 is 0 Å².